The predicted molar refractivity (Wildman–Crippen MR) is 77.2 cm³/mol. The molecule has 2 amide bonds. The molecule has 0 spiro atoms. The van der Waals surface area contributed by atoms with Gasteiger partial charge < -0.3 is 20.2 Å². The zero-order valence-corrected chi connectivity index (χ0v) is 13.0. The number of carbonyl (C=O) groups excluding carboxylic acids is 2. The minimum atomic E-state index is -0.707. The van der Waals surface area contributed by atoms with Crippen LogP contribution >= 0.6 is 0 Å². The second kappa shape index (κ2) is 7.04. The maximum Gasteiger partial charge on any atom is 0.241 e. The molecule has 1 saturated heterocycles. The van der Waals surface area contributed by atoms with Gasteiger partial charge >= 0.3 is 0 Å². The standard InChI is InChI=1S/C14H27N3O3/c1-11(2)13(19)15-9-12(18)17-7-5-14(20,6-8-17)10-16(3)4/h11,20H,5-10H2,1-4H3,(H,15,19). The second-order valence-electron chi connectivity index (χ2n) is 6.22. The fourth-order valence-corrected chi connectivity index (χ4v) is 2.40. The average Bonchev–Trinajstić information content (AvgIpc) is 2.34. The van der Waals surface area contributed by atoms with Crippen LogP contribution in [-0.4, -0.2) is 72.6 Å². The van der Waals surface area contributed by atoms with Crippen LogP contribution in [0, 0.1) is 5.92 Å². The van der Waals surface area contributed by atoms with Gasteiger partial charge in [0.2, 0.25) is 11.8 Å². The first kappa shape index (κ1) is 16.9. The van der Waals surface area contributed by atoms with Crippen LogP contribution in [0.3, 0.4) is 0 Å². The predicted octanol–water partition coefficient (Wildman–Crippen LogP) is -0.326. The Balaban J connectivity index is 2.37. The van der Waals surface area contributed by atoms with E-state index in [-0.39, 0.29) is 24.3 Å². The molecule has 1 heterocycles. The molecule has 0 bridgehead atoms. The van der Waals surface area contributed by atoms with E-state index < -0.39 is 5.60 Å². The smallest absolute Gasteiger partial charge is 0.241 e. The molecule has 0 atom stereocenters. The summed E-state index contributed by atoms with van der Waals surface area (Å²) in [4.78, 5) is 27.1. The van der Waals surface area contributed by atoms with Crippen LogP contribution in [0.2, 0.25) is 0 Å². The van der Waals surface area contributed by atoms with Gasteiger partial charge in [-0.25, -0.2) is 0 Å². The number of aliphatic hydroxyl groups is 1. The molecule has 0 aliphatic carbocycles. The summed E-state index contributed by atoms with van der Waals surface area (Å²) in [6.45, 7) is 5.33. The first-order valence-electron chi connectivity index (χ1n) is 7.16. The Hall–Kier alpha value is -1.14. The first-order chi connectivity index (χ1) is 9.23. The third-order valence-electron chi connectivity index (χ3n) is 3.60. The quantitative estimate of drug-likeness (QED) is 0.726. The van der Waals surface area contributed by atoms with E-state index in [1.807, 2.05) is 19.0 Å². The number of nitrogens with zero attached hydrogens (tertiary/aromatic N) is 2. The molecule has 1 aliphatic rings. The van der Waals surface area contributed by atoms with Crippen molar-refractivity contribution in [3.63, 3.8) is 0 Å². The number of piperidine rings is 1. The van der Waals surface area contributed by atoms with Crippen LogP contribution in [0.4, 0.5) is 0 Å². The number of rotatable bonds is 5. The van der Waals surface area contributed by atoms with E-state index in [0.29, 0.717) is 32.5 Å². The topological polar surface area (TPSA) is 72.9 Å². The van der Waals surface area contributed by atoms with Crippen molar-refractivity contribution in [2.24, 2.45) is 5.92 Å². The van der Waals surface area contributed by atoms with Gasteiger partial charge in [0, 0.05) is 25.6 Å². The summed E-state index contributed by atoms with van der Waals surface area (Å²) in [5.74, 6) is -0.306. The Morgan fingerprint density at radius 3 is 2.30 bits per heavy atom. The van der Waals surface area contributed by atoms with Crippen LogP contribution < -0.4 is 5.32 Å². The summed E-state index contributed by atoms with van der Waals surface area (Å²) in [5.41, 5.74) is -0.707. The summed E-state index contributed by atoms with van der Waals surface area (Å²) in [6.07, 6.45) is 1.16. The molecule has 116 valence electrons. The Morgan fingerprint density at radius 2 is 1.85 bits per heavy atom. The Labute approximate surface area is 121 Å². The van der Waals surface area contributed by atoms with Crippen molar-refractivity contribution in [2.75, 3.05) is 40.3 Å². The number of likely N-dealkylation sites (N-methyl/N-ethyl adjacent to an activating group) is 1. The van der Waals surface area contributed by atoms with Crippen molar-refractivity contribution < 1.29 is 14.7 Å². The molecule has 6 heteroatoms. The summed E-state index contributed by atoms with van der Waals surface area (Å²) in [5, 5.41) is 13.0. The number of hydrogen-bond acceptors (Lipinski definition) is 4. The van der Waals surface area contributed by atoms with Crippen molar-refractivity contribution in [3.05, 3.63) is 0 Å². The molecular weight excluding hydrogens is 258 g/mol. The maximum atomic E-state index is 12.0. The van der Waals surface area contributed by atoms with Crippen molar-refractivity contribution in [3.8, 4) is 0 Å². The highest BCUT2D eigenvalue weighted by Crippen LogP contribution is 2.22. The van der Waals surface area contributed by atoms with Gasteiger partial charge in [-0.2, -0.15) is 0 Å². The van der Waals surface area contributed by atoms with Crippen LogP contribution in [0.1, 0.15) is 26.7 Å². The number of nitrogens with one attached hydrogen (secondary N) is 1. The van der Waals surface area contributed by atoms with Gasteiger partial charge in [0.25, 0.3) is 0 Å². The van der Waals surface area contributed by atoms with Crippen molar-refractivity contribution in [1.29, 1.82) is 0 Å². The largest absolute Gasteiger partial charge is 0.388 e. The third kappa shape index (κ3) is 5.09. The molecule has 0 unspecified atom stereocenters. The van der Waals surface area contributed by atoms with Gasteiger partial charge in [-0.1, -0.05) is 13.8 Å². The Bertz CT molecular complexity index is 348. The highest BCUT2D eigenvalue weighted by Gasteiger charge is 2.34. The zero-order valence-electron chi connectivity index (χ0n) is 13.0. The normalized spacial score (nSPS) is 18.4. The lowest BCUT2D eigenvalue weighted by molar-refractivity contribution is -0.137. The van der Waals surface area contributed by atoms with Crippen LogP contribution in [0.15, 0.2) is 0 Å². The number of amides is 2. The van der Waals surface area contributed by atoms with Gasteiger partial charge in [-0.3, -0.25) is 9.59 Å². The van der Waals surface area contributed by atoms with E-state index in [2.05, 4.69) is 5.32 Å². The molecular formula is C14H27N3O3. The Morgan fingerprint density at radius 1 is 1.30 bits per heavy atom. The van der Waals surface area contributed by atoms with Crippen LogP contribution in [-0.2, 0) is 9.59 Å². The molecule has 0 radical (unpaired) electrons. The molecule has 1 rings (SSSR count). The lowest BCUT2D eigenvalue weighted by atomic mass is 9.91. The fourth-order valence-electron chi connectivity index (χ4n) is 2.40. The van der Waals surface area contributed by atoms with Crippen LogP contribution in [0.25, 0.3) is 0 Å². The van der Waals surface area contributed by atoms with Gasteiger partial charge in [-0.05, 0) is 26.9 Å². The zero-order chi connectivity index (χ0) is 15.3. The fraction of sp³-hybridized carbons (Fsp3) is 0.857. The minimum absolute atomic E-state index is 0.0448. The molecule has 2 N–H and O–H groups in total. The second-order valence-corrected chi connectivity index (χ2v) is 6.22. The van der Waals surface area contributed by atoms with Crippen molar-refractivity contribution in [2.45, 2.75) is 32.3 Å². The van der Waals surface area contributed by atoms with E-state index in [0.717, 1.165) is 0 Å². The molecule has 0 aromatic heterocycles. The minimum Gasteiger partial charge on any atom is -0.388 e. The Kier molecular flexibility index (Phi) is 5.95. The maximum absolute atomic E-state index is 12.0. The number of hydrogen-bond donors (Lipinski definition) is 2. The monoisotopic (exact) mass is 285 g/mol. The molecule has 1 aliphatic heterocycles. The lowest BCUT2D eigenvalue weighted by Gasteiger charge is -2.39. The van der Waals surface area contributed by atoms with Crippen LogP contribution in [0.5, 0.6) is 0 Å². The summed E-state index contributed by atoms with van der Waals surface area (Å²) in [7, 11) is 3.86. The van der Waals surface area contributed by atoms with Crippen molar-refractivity contribution >= 4 is 11.8 Å². The van der Waals surface area contributed by atoms with Crippen molar-refractivity contribution in [1.82, 2.24) is 15.1 Å². The molecule has 0 saturated carbocycles. The van der Waals surface area contributed by atoms with Gasteiger partial charge in [0.15, 0.2) is 0 Å². The van der Waals surface area contributed by atoms with E-state index in [1.165, 1.54) is 0 Å². The molecule has 1 fully saturated rings. The SMILES string of the molecule is CC(C)C(=O)NCC(=O)N1CCC(O)(CN(C)C)CC1. The summed E-state index contributed by atoms with van der Waals surface area (Å²) >= 11 is 0. The highest BCUT2D eigenvalue weighted by molar-refractivity contribution is 5.85. The van der Waals surface area contributed by atoms with Gasteiger partial charge in [0.1, 0.15) is 0 Å². The summed E-state index contributed by atoms with van der Waals surface area (Å²) in [6, 6.07) is 0. The van der Waals surface area contributed by atoms with E-state index in [9.17, 15) is 14.7 Å². The molecule has 6 nitrogen and oxygen atoms in total. The van der Waals surface area contributed by atoms with E-state index >= 15 is 0 Å². The molecule has 0 aromatic rings. The molecule has 20 heavy (non-hydrogen) atoms. The number of carbonyl (C=O) groups is 2. The van der Waals surface area contributed by atoms with E-state index in [4.69, 9.17) is 0 Å². The van der Waals surface area contributed by atoms with Gasteiger partial charge in [0.05, 0.1) is 12.1 Å². The summed E-state index contributed by atoms with van der Waals surface area (Å²) < 4.78 is 0. The van der Waals surface area contributed by atoms with Gasteiger partial charge in [-0.15, -0.1) is 0 Å². The third-order valence-corrected chi connectivity index (χ3v) is 3.60. The average molecular weight is 285 g/mol. The first-order valence-corrected chi connectivity index (χ1v) is 7.16. The molecule has 0 aromatic carbocycles. The van der Waals surface area contributed by atoms with E-state index in [1.54, 1.807) is 18.7 Å². The highest BCUT2D eigenvalue weighted by atomic mass is 16.3. The lowest BCUT2D eigenvalue weighted by Crippen LogP contribution is -2.52. The number of likely N-dealkylation sites (tertiary alicyclic amines) is 1.